The van der Waals surface area contributed by atoms with Gasteiger partial charge in [-0.15, -0.1) is 0 Å². The number of benzene rings is 1. The molecule has 0 radical (unpaired) electrons. The summed E-state index contributed by atoms with van der Waals surface area (Å²) in [4.78, 5) is 13.0. The number of alkyl halides is 3. The van der Waals surface area contributed by atoms with Gasteiger partial charge in [-0.3, -0.25) is 10.2 Å². The third-order valence-corrected chi connectivity index (χ3v) is 3.13. The molecule has 0 atom stereocenters. The molecular weight excluding hydrogens is 351 g/mol. The van der Waals surface area contributed by atoms with Crippen molar-refractivity contribution >= 4 is 12.1 Å². The molecule has 2 rings (SSSR count). The summed E-state index contributed by atoms with van der Waals surface area (Å²) in [6.07, 6.45) is -4.08. The van der Waals surface area contributed by atoms with Crippen molar-refractivity contribution < 1.29 is 22.7 Å². The van der Waals surface area contributed by atoms with Crippen LogP contribution in [0.3, 0.4) is 0 Å². The van der Waals surface area contributed by atoms with Crippen molar-refractivity contribution in [2.75, 3.05) is 12.1 Å². The molecule has 0 aliphatic carbocycles. The highest BCUT2D eigenvalue weighted by molar-refractivity contribution is 5.56. The van der Waals surface area contributed by atoms with Gasteiger partial charge >= 0.3 is 6.18 Å². The molecule has 10 heteroatoms. The zero-order valence-electron chi connectivity index (χ0n) is 14.2. The maximum Gasteiger partial charge on any atom is 0.416 e. The van der Waals surface area contributed by atoms with Gasteiger partial charge in [0.15, 0.2) is 0 Å². The number of carbonyl (C=O) groups is 1. The van der Waals surface area contributed by atoms with Gasteiger partial charge in [0.05, 0.1) is 11.3 Å². The molecule has 26 heavy (non-hydrogen) atoms. The Labute approximate surface area is 148 Å². The number of hydrogen-bond acceptors (Lipinski definition) is 6. The summed E-state index contributed by atoms with van der Waals surface area (Å²) in [5, 5.41) is 1.14. The summed E-state index contributed by atoms with van der Waals surface area (Å²) in [6.45, 7) is 1.50. The molecule has 1 aromatic carbocycles. The van der Waals surface area contributed by atoms with Gasteiger partial charge in [0, 0.05) is 24.4 Å². The molecule has 7 nitrogen and oxygen atoms in total. The number of aromatic nitrogens is 1. The highest BCUT2D eigenvalue weighted by atomic mass is 19.4. The van der Waals surface area contributed by atoms with E-state index in [4.69, 9.17) is 15.4 Å². The number of ether oxygens (including phenoxy) is 1. The molecule has 0 saturated heterocycles. The molecular formula is C16H20F3N5O2. The van der Waals surface area contributed by atoms with E-state index in [2.05, 4.69) is 10.8 Å². The van der Waals surface area contributed by atoms with Crippen LogP contribution in [-0.2, 0) is 17.6 Å². The van der Waals surface area contributed by atoms with Gasteiger partial charge in [0.1, 0.15) is 6.61 Å². The monoisotopic (exact) mass is 371 g/mol. The van der Waals surface area contributed by atoms with Gasteiger partial charge in [-0.05, 0) is 25.1 Å². The first-order valence-electron chi connectivity index (χ1n) is 7.34. The number of pyridine rings is 1. The molecule has 0 spiro atoms. The van der Waals surface area contributed by atoms with Crippen LogP contribution in [0.5, 0.6) is 5.88 Å². The summed E-state index contributed by atoms with van der Waals surface area (Å²) in [5.41, 5.74) is 1.93. The Hall–Kier alpha value is -2.85. The molecule has 0 aliphatic rings. The normalized spacial score (nSPS) is 10.4. The molecule has 0 saturated carbocycles. The minimum atomic E-state index is -4.48. The highest BCUT2D eigenvalue weighted by Gasteiger charge is 2.34. The zero-order chi connectivity index (χ0) is 19.7. The van der Waals surface area contributed by atoms with Gasteiger partial charge in [-0.2, -0.15) is 13.2 Å². The van der Waals surface area contributed by atoms with E-state index >= 15 is 0 Å². The van der Waals surface area contributed by atoms with E-state index in [-0.39, 0.29) is 23.7 Å². The molecule has 0 aliphatic heterocycles. The first-order valence-corrected chi connectivity index (χ1v) is 7.34. The summed E-state index contributed by atoms with van der Waals surface area (Å²) >= 11 is 0. The largest absolute Gasteiger partial charge is 0.473 e. The number of anilines is 1. The Morgan fingerprint density at radius 3 is 2.38 bits per heavy atom. The van der Waals surface area contributed by atoms with Gasteiger partial charge in [-0.1, -0.05) is 12.1 Å². The van der Waals surface area contributed by atoms with E-state index in [0.717, 1.165) is 16.8 Å². The van der Waals surface area contributed by atoms with E-state index < -0.39 is 11.7 Å². The molecule has 2 aromatic rings. The van der Waals surface area contributed by atoms with E-state index in [0.29, 0.717) is 6.41 Å². The lowest BCUT2D eigenvalue weighted by atomic mass is 10.1. The topological polar surface area (TPSA) is 106 Å². The summed E-state index contributed by atoms with van der Waals surface area (Å²) < 4.78 is 44.9. The van der Waals surface area contributed by atoms with Crippen LogP contribution < -0.4 is 26.9 Å². The second-order valence-corrected chi connectivity index (χ2v) is 5.10. The van der Waals surface area contributed by atoms with Crippen LogP contribution in [0.25, 0.3) is 0 Å². The third-order valence-electron chi connectivity index (χ3n) is 3.13. The Morgan fingerprint density at radius 2 is 1.88 bits per heavy atom. The van der Waals surface area contributed by atoms with Crippen molar-refractivity contribution in [3.05, 3.63) is 53.2 Å². The van der Waals surface area contributed by atoms with Crippen LogP contribution in [0.1, 0.15) is 16.8 Å². The lowest BCUT2D eigenvalue weighted by molar-refractivity contribution is -0.138. The van der Waals surface area contributed by atoms with Crippen LogP contribution in [0.15, 0.2) is 36.4 Å². The van der Waals surface area contributed by atoms with Crippen molar-refractivity contribution in [2.45, 2.75) is 19.7 Å². The number of nitrogens with two attached hydrogens (primary N) is 2. The first-order chi connectivity index (χ1) is 12.2. The molecule has 0 bridgehead atoms. The number of hydrogen-bond donors (Lipinski definition) is 3. The fourth-order valence-corrected chi connectivity index (χ4v) is 2.07. The number of carbonyl (C=O) groups excluding carboxylic acids is 1. The molecule has 0 fully saturated rings. The number of aryl methyl sites for hydroxylation is 1. The number of rotatable bonds is 5. The summed E-state index contributed by atoms with van der Waals surface area (Å²) in [5.74, 6) is 10.3. The van der Waals surface area contributed by atoms with E-state index in [1.807, 2.05) is 0 Å². The maximum absolute atomic E-state index is 13.2. The number of halogens is 3. The van der Waals surface area contributed by atoms with Crippen LogP contribution in [0, 0.1) is 6.92 Å². The van der Waals surface area contributed by atoms with Crippen molar-refractivity contribution in [1.82, 2.24) is 10.4 Å². The zero-order valence-corrected chi connectivity index (χ0v) is 14.2. The average Bonchev–Trinajstić information content (AvgIpc) is 2.59. The predicted octanol–water partition coefficient (Wildman–Crippen LogP) is 1.90. The van der Waals surface area contributed by atoms with Gasteiger partial charge in [-0.25, -0.2) is 16.7 Å². The van der Waals surface area contributed by atoms with E-state index in [1.54, 1.807) is 30.5 Å². The number of hydrazine groups is 2. The quantitative estimate of drug-likeness (QED) is 0.321. The fraction of sp³-hybridized carbons (Fsp3) is 0.250. The molecule has 1 aromatic heterocycles. The van der Waals surface area contributed by atoms with E-state index in [9.17, 15) is 13.2 Å². The van der Waals surface area contributed by atoms with Crippen LogP contribution in [0.4, 0.5) is 18.9 Å². The fourth-order valence-electron chi connectivity index (χ4n) is 2.07. The van der Waals surface area contributed by atoms with Crippen molar-refractivity contribution in [1.29, 1.82) is 0 Å². The molecule has 142 valence electrons. The highest BCUT2D eigenvalue weighted by Crippen LogP contribution is 2.36. The SMILES string of the molecule is Cc1cccc(OCc2c(N(C)N)cccc2C(F)(F)F)n1.NNC=O. The lowest BCUT2D eigenvalue weighted by Crippen LogP contribution is -2.27. The molecule has 0 unspecified atom stereocenters. The summed E-state index contributed by atoms with van der Waals surface area (Å²) in [6, 6.07) is 8.93. The molecule has 1 amide bonds. The van der Waals surface area contributed by atoms with Gasteiger partial charge in [0.2, 0.25) is 12.3 Å². The van der Waals surface area contributed by atoms with E-state index in [1.165, 1.54) is 19.2 Å². The predicted molar refractivity (Wildman–Crippen MR) is 90.7 cm³/mol. The number of nitrogens with one attached hydrogen (secondary N) is 1. The summed E-state index contributed by atoms with van der Waals surface area (Å²) in [7, 11) is 1.48. The second-order valence-electron chi connectivity index (χ2n) is 5.10. The number of amides is 1. The minimum absolute atomic E-state index is 0.0247. The van der Waals surface area contributed by atoms with Crippen LogP contribution in [0.2, 0.25) is 0 Å². The van der Waals surface area contributed by atoms with Crippen molar-refractivity contribution in [3.63, 3.8) is 0 Å². The Bertz CT molecular complexity index is 723. The smallest absolute Gasteiger partial charge is 0.416 e. The van der Waals surface area contributed by atoms with Crippen LogP contribution >= 0.6 is 0 Å². The van der Waals surface area contributed by atoms with Gasteiger partial charge in [0.25, 0.3) is 0 Å². The van der Waals surface area contributed by atoms with Gasteiger partial charge < -0.3 is 9.75 Å². The Balaban J connectivity index is 0.000000765. The average molecular weight is 371 g/mol. The standard InChI is InChI=1S/C15H16F3N3O.CH4N2O/c1-10-5-3-8-14(20-10)22-9-11-12(15(16,17)18)6-4-7-13(11)21(2)19;2-3-1-4/h3-8H,9,19H2,1-2H3;1H,2H2,(H,3,4). The second kappa shape index (κ2) is 9.59. The van der Waals surface area contributed by atoms with Crippen molar-refractivity contribution in [3.8, 4) is 5.88 Å². The number of nitrogens with zero attached hydrogens (tertiary/aromatic N) is 2. The lowest BCUT2D eigenvalue weighted by Gasteiger charge is -2.21. The Kier molecular flexibility index (Phi) is 7.81. The first kappa shape index (κ1) is 21.2. The van der Waals surface area contributed by atoms with Crippen LogP contribution in [-0.4, -0.2) is 18.4 Å². The Morgan fingerprint density at radius 1 is 1.27 bits per heavy atom. The molecule has 5 N–H and O–H groups in total. The third kappa shape index (κ3) is 6.22. The minimum Gasteiger partial charge on any atom is -0.473 e. The maximum atomic E-state index is 13.2. The van der Waals surface area contributed by atoms with Crippen molar-refractivity contribution in [2.24, 2.45) is 11.7 Å². The molecule has 1 heterocycles.